The number of tetrazole rings is 1. The first kappa shape index (κ1) is 6.72. The van der Waals surface area contributed by atoms with E-state index in [1.54, 1.807) is 0 Å². The lowest BCUT2D eigenvalue weighted by atomic mass is 10.0. The van der Waals surface area contributed by atoms with Gasteiger partial charge in [-0.15, -0.1) is 10.2 Å². The monoisotopic (exact) mass is 154 g/mol. The van der Waals surface area contributed by atoms with E-state index in [1.807, 2.05) is 0 Å². The molecular weight excluding hydrogens is 144 g/mol. The van der Waals surface area contributed by atoms with Crippen LogP contribution >= 0.6 is 0 Å². The van der Waals surface area contributed by atoms with Crippen LogP contribution in [0.5, 0.6) is 0 Å². The molecule has 0 amide bonds. The van der Waals surface area contributed by atoms with Crippen LogP contribution in [0.2, 0.25) is 0 Å². The maximum absolute atomic E-state index is 9.87. The fraction of sp³-hybridized carbons (Fsp3) is 0.833. The average molecular weight is 154 g/mol. The molecule has 1 aromatic heterocycles. The molecule has 1 saturated carbocycles. The lowest BCUT2D eigenvalue weighted by Crippen LogP contribution is -2.22. The van der Waals surface area contributed by atoms with E-state index < -0.39 is 5.60 Å². The summed E-state index contributed by atoms with van der Waals surface area (Å²) in [5, 5.41) is 23.2. The van der Waals surface area contributed by atoms with Crippen molar-refractivity contribution in [1.29, 1.82) is 0 Å². The van der Waals surface area contributed by atoms with Crippen molar-refractivity contribution in [3.8, 4) is 0 Å². The van der Waals surface area contributed by atoms with Crippen LogP contribution in [-0.4, -0.2) is 25.7 Å². The van der Waals surface area contributed by atoms with Gasteiger partial charge in [0.2, 0.25) is 5.82 Å². The normalized spacial score (nSPS) is 22.3. The molecule has 5 heteroatoms. The van der Waals surface area contributed by atoms with E-state index in [2.05, 4.69) is 20.6 Å². The fourth-order valence-corrected chi connectivity index (χ4v) is 1.54. The second-order valence-corrected chi connectivity index (χ2v) is 2.97. The summed E-state index contributed by atoms with van der Waals surface area (Å²) in [6.45, 7) is 0. The van der Waals surface area contributed by atoms with Crippen LogP contribution in [0.3, 0.4) is 0 Å². The molecule has 0 unspecified atom stereocenters. The van der Waals surface area contributed by atoms with Gasteiger partial charge in [0.1, 0.15) is 5.60 Å². The molecule has 1 aliphatic rings. The zero-order valence-electron chi connectivity index (χ0n) is 6.12. The Hall–Kier alpha value is -0.970. The molecule has 0 aromatic carbocycles. The molecule has 2 rings (SSSR count). The molecule has 2 N–H and O–H groups in total. The van der Waals surface area contributed by atoms with E-state index in [0.29, 0.717) is 5.82 Å². The van der Waals surface area contributed by atoms with Gasteiger partial charge in [-0.3, -0.25) is 0 Å². The summed E-state index contributed by atoms with van der Waals surface area (Å²) in [5.74, 6) is 0.440. The summed E-state index contributed by atoms with van der Waals surface area (Å²) >= 11 is 0. The highest BCUT2D eigenvalue weighted by molar-refractivity contribution is 4.99. The Labute approximate surface area is 63.8 Å². The second kappa shape index (κ2) is 2.27. The number of nitrogens with zero attached hydrogens (tertiary/aromatic N) is 3. The van der Waals surface area contributed by atoms with Gasteiger partial charge < -0.3 is 5.11 Å². The van der Waals surface area contributed by atoms with Crippen molar-refractivity contribution in [2.24, 2.45) is 0 Å². The molecule has 0 spiro atoms. The minimum absolute atomic E-state index is 0.440. The SMILES string of the molecule is OC1(c2nn[nH]n2)CCCC1. The molecule has 0 saturated heterocycles. The topological polar surface area (TPSA) is 74.7 Å². The number of hydrogen-bond donors (Lipinski definition) is 2. The Kier molecular flexibility index (Phi) is 1.38. The lowest BCUT2D eigenvalue weighted by Gasteiger charge is -2.15. The van der Waals surface area contributed by atoms with E-state index >= 15 is 0 Å². The molecule has 0 aliphatic heterocycles. The van der Waals surface area contributed by atoms with Crippen molar-refractivity contribution in [3.63, 3.8) is 0 Å². The van der Waals surface area contributed by atoms with E-state index in [4.69, 9.17) is 0 Å². The van der Waals surface area contributed by atoms with Gasteiger partial charge in [-0.1, -0.05) is 5.21 Å². The summed E-state index contributed by atoms with van der Waals surface area (Å²) < 4.78 is 0. The van der Waals surface area contributed by atoms with Crippen molar-refractivity contribution in [2.45, 2.75) is 31.3 Å². The summed E-state index contributed by atoms with van der Waals surface area (Å²) in [6, 6.07) is 0. The van der Waals surface area contributed by atoms with Gasteiger partial charge in [-0.25, -0.2) is 0 Å². The molecule has 0 radical (unpaired) electrons. The number of nitrogens with one attached hydrogen (secondary N) is 1. The van der Waals surface area contributed by atoms with Crippen LogP contribution in [-0.2, 0) is 5.60 Å². The predicted octanol–water partition coefficient (Wildman–Crippen LogP) is -0.0387. The third kappa shape index (κ3) is 1.01. The van der Waals surface area contributed by atoms with Crippen LogP contribution in [0.1, 0.15) is 31.5 Å². The Balaban J connectivity index is 2.27. The number of aromatic nitrogens is 4. The number of rotatable bonds is 1. The van der Waals surface area contributed by atoms with Gasteiger partial charge in [0, 0.05) is 0 Å². The summed E-state index contributed by atoms with van der Waals surface area (Å²) in [6.07, 6.45) is 3.61. The Morgan fingerprint density at radius 3 is 2.64 bits per heavy atom. The quantitative estimate of drug-likeness (QED) is 0.595. The van der Waals surface area contributed by atoms with Crippen molar-refractivity contribution in [2.75, 3.05) is 0 Å². The number of H-pyrrole nitrogens is 1. The van der Waals surface area contributed by atoms with E-state index in [1.165, 1.54) is 0 Å². The number of hydrogen-bond acceptors (Lipinski definition) is 4. The zero-order chi connectivity index (χ0) is 7.73. The predicted molar refractivity (Wildman–Crippen MR) is 36.5 cm³/mol. The van der Waals surface area contributed by atoms with Gasteiger partial charge in [0.05, 0.1) is 0 Å². The fourth-order valence-electron chi connectivity index (χ4n) is 1.54. The van der Waals surface area contributed by atoms with Crippen molar-refractivity contribution in [3.05, 3.63) is 5.82 Å². The third-order valence-corrected chi connectivity index (χ3v) is 2.19. The summed E-state index contributed by atoms with van der Waals surface area (Å²) in [4.78, 5) is 0. The summed E-state index contributed by atoms with van der Waals surface area (Å²) in [5.41, 5.74) is -0.799. The highest BCUT2D eigenvalue weighted by Gasteiger charge is 2.36. The zero-order valence-corrected chi connectivity index (χ0v) is 6.12. The standard InChI is InChI=1S/C6H10N4O/c11-6(3-1-2-4-6)5-7-9-10-8-5/h11H,1-4H2,(H,7,8,9,10). The van der Waals surface area contributed by atoms with Crippen LogP contribution in [0, 0.1) is 0 Å². The minimum Gasteiger partial charge on any atom is -0.382 e. The molecule has 1 aliphatic carbocycles. The molecule has 0 bridgehead atoms. The maximum atomic E-state index is 9.87. The van der Waals surface area contributed by atoms with Crippen molar-refractivity contribution in [1.82, 2.24) is 20.6 Å². The van der Waals surface area contributed by atoms with Gasteiger partial charge >= 0.3 is 0 Å². The molecule has 1 heterocycles. The molecule has 1 aromatic rings. The van der Waals surface area contributed by atoms with Gasteiger partial charge in [0.15, 0.2) is 0 Å². The maximum Gasteiger partial charge on any atom is 0.205 e. The number of aliphatic hydroxyl groups is 1. The van der Waals surface area contributed by atoms with E-state index in [-0.39, 0.29) is 0 Å². The first-order valence-corrected chi connectivity index (χ1v) is 3.78. The van der Waals surface area contributed by atoms with Gasteiger partial charge in [-0.2, -0.15) is 5.21 Å². The first-order valence-electron chi connectivity index (χ1n) is 3.78. The van der Waals surface area contributed by atoms with Crippen molar-refractivity contribution < 1.29 is 5.11 Å². The Morgan fingerprint density at radius 2 is 2.09 bits per heavy atom. The third-order valence-electron chi connectivity index (χ3n) is 2.19. The molecule has 1 fully saturated rings. The summed E-state index contributed by atoms with van der Waals surface area (Å²) in [7, 11) is 0. The van der Waals surface area contributed by atoms with Crippen LogP contribution < -0.4 is 0 Å². The molecular formula is C6H10N4O. The van der Waals surface area contributed by atoms with Crippen LogP contribution in [0.15, 0.2) is 0 Å². The lowest BCUT2D eigenvalue weighted by molar-refractivity contribution is 0.0351. The molecule has 5 nitrogen and oxygen atoms in total. The highest BCUT2D eigenvalue weighted by Crippen LogP contribution is 2.35. The minimum atomic E-state index is -0.799. The molecule has 0 atom stereocenters. The van der Waals surface area contributed by atoms with Gasteiger partial charge in [0.25, 0.3) is 0 Å². The van der Waals surface area contributed by atoms with E-state index in [9.17, 15) is 5.11 Å². The van der Waals surface area contributed by atoms with Gasteiger partial charge in [-0.05, 0) is 25.7 Å². The smallest absolute Gasteiger partial charge is 0.205 e. The average Bonchev–Trinajstić information content (AvgIpc) is 2.55. The van der Waals surface area contributed by atoms with E-state index in [0.717, 1.165) is 25.7 Å². The Bertz CT molecular complexity index is 227. The largest absolute Gasteiger partial charge is 0.382 e. The van der Waals surface area contributed by atoms with Crippen LogP contribution in [0.4, 0.5) is 0 Å². The number of aromatic amines is 1. The van der Waals surface area contributed by atoms with Crippen molar-refractivity contribution >= 4 is 0 Å². The highest BCUT2D eigenvalue weighted by atomic mass is 16.3. The molecule has 60 valence electrons. The van der Waals surface area contributed by atoms with Crippen LogP contribution in [0.25, 0.3) is 0 Å². The first-order chi connectivity index (χ1) is 5.31. The molecule has 11 heavy (non-hydrogen) atoms. The second-order valence-electron chi connectivity index (χ2n) is 2.97. The Morgan fingerprint density at radius 1 is 1.36 bits per heavy atom.